The van der Waals surface area contributed by atoms with Gasteiger partial charge in [-0.2, -0.15) is 0 Å². The summed E-state index contributed by atoms with van der Waals surface area (Å²) >= 11 is 6.72. The summed E-state index contributed by atoms with van der Waals surface area (Å²) in [5.41, 5.74) is 1.48. The molecule has 0 amide bonds. The zero-order chi connectivity index (χ0) is 18.6. The van der Waals surface area contributed by atoms with Gasteiger partial charge in [0.2, 0.25) is 0 Å². The Morgan fingerprint density at radius 3 is 1.40 bits per heavy atom. The summed E-state index contributed by atoms with van der Waals surface area (Å²) in [6, 6.07) is 14.5. The Morgan fingerprint density at radius 2 is 1.04 bits per heavy atom. The fourth-order valence-electron chi connectivity index (χ4n) is 2.66. The molecule has 0 heterocycles. The van der Waals surface area contributed by atoms with Crippen LogP contribution >= 0.6 is 31.9 Å². The highest BCUT2D eigenvalue weighted by molar-refractivity contribution is 9.10. The Labute approximate surface area is 162 Å². The van der Waals surface area contributed by atoms with Gasteiger partial charge in [-0.1, -0.05) is 56.1 Å². The van der Waals surface area contributed by atoms with Crippen molar-refractivity contribution in [2.24, 2.45) is 0 Å². The predicted molar refractivity (Wildman–Crippen MR) is 101 cm³/mol. The van der Waals surface area contributed by atoms with E-state index in [9.17, 15) is 20.4 Å². The molecule has 0 aromatic heterocycles. The predicted octanol–water partition coefficient (Wildman–Crippen LogP) is 1.78. The SMILES string of the molecule is OCC(O)C(O)C(O)C(O)C(c1ccc(Br)cc1)c1ccc(Br)cc1. The molecule has 0 bridgehead atoms. The largest absolute Gasteiger partial charge is 0.394 e. The fourth-order valence-corrected chi connectivity index (χ4v) is 3.19. The van der Waals surface area contributed by atoms with Crippen LogP contribution in [-0.2, 0) is 0 Å². The van der Waals surface area contributed by atoms with E-state index in [2.05, 4.69) is 31.9 Å². The van der Waals surface area contributed by atoms with E-state index in [1.807, 2.05) is 48.5 Å². The molecule has 0 aliphatic carbocycles. The zero-order valence-corrected chi connectivity index (χ0v) is 16.4. The summed E-state index contributed by atoms with van der Waals surface area (Å²) in [4.78, 5) is 0. The molecule has 2 rings (SSSR count). The van der Waals surface area contributed by atoms with Crippen LogP contribution in [0.4, 0.5) is 0 Å². The molecule has 25 heavy (non-hydrogen) atoms. The molecule has 5 N–H and O–H groups in total. The first-order chi connectivity index (χ1) is 11.8. The van der Waals surface area contributed by atoms with Crippen LogP contribution in [0.1, 0.15) is 17.0 Å². The molecular weight excluding hydrogens is 456 g/mol. The lowest BCUT2D eigenvalue weighted by atomic mass is 9.82. The van der Waals surface area contributed by atoms with Crippen LogP contribution in [0.3, 0.4) is 0 Å². The quantitative estimate of drug-likeness (QED) is 0.420. The molecule has 4 atom stereocenters. The second kappa shape index (κ2) is 9.23. The van der Waals surface area contributed by atoms with Crippen LogP contribution in [0.25, 0.3) is 0 Å². The van der Waals surface area contributed by atoms with E-state index < -0.39 is 36.9 Å². The van der Waals surface area contributed by atoms with Gasteiger partial charge in [0.15, 0.2) is 0 Å². The Hall–Kier alpha value is -0.800. The molecule has 2 aromatic carbocycles. The lowest BCUT2D eigenvalue weighted by molar-refractivity contribution is -0.117. The molecule has 0 aliphatic rings. The number of halogens is 2. The van der Waals surface area contributed by atoms with Crippen molar-refractivity contribution in [3.8, 4) is 0 Å². The minimum Gasteiger partial charge on any atom is -0.394 e. The molecule has 136 valence electrons. The molecule has 0 saturated heterocycles. The van der Waals surface area contributed by atoms with Gasteiger partial charge in [0.1, 0.15) is 18.3 Å². The molecule has 0 aliphatic heterocycles. The fraction of sp³-hybridized carbons (Fsp3) is 0.333. The summed E-state index contributed by atoms with van der Waals surface area (Å²) in [5, 5.41) is 49.5. The van der Waals surface area contributed by atoms with Crippen LogP contribution in [0.5, 0.6) is 0 Å². The second-order valence-electron chi connectivity index (χ2n) is 5.80. The Balaban J connectivity index is 2.40. The standard InChI is InChI=1S/C18H20Br2O5/c19-12-5-1-10(2-6-12)15(11-3-7-13(20)8-4-11)17(24)18(25)16(23)14(22)9-21/h1-8,14-18,21-25H,9H2. The van der Waals surface area contributed by atoms with E-state index in [1.54, 1.807) is 0 Å². The van der Waals surface area contributed by atoms with Crippen molar-refractivity contribution >= 4 is 31.9 Å². The highest BCUT2D eigenvalue weighted by Crippen LogP contribution is 2.32. The van der Waals surface area contributed by atoms with Gasteiger partial charge in [-0.3, -0.25) is 0 Å². The molecule has 0 radical (unpaired) electrons. The van der Waals surface area contributed by atoms with Crippen molar-refractivity contribution in [2.45, 2.75) is 30.3 Å². The van der Waals surface area contributed by atoms with Crippen molar-refractivity contribution in [2.75, 3.05) is 6.61 Å². The van der Waals surface area contributed by atoms with Crippen LogP contribution in [0.15, 0.2) is 57.5 Å². The van der Waals surface area contributed by atoms with Gasteiger partial charge in [0, 0.05) is 14.9 Å². The van der Waals surface area contributed by atoms with Crippen LogP contribution in [0, 0.1) is 0 Å². The van der Waals surface area contributed by atoms with Crippen LogP contribution in [0.2, 0.25) is 0 Å². The van der Waals surface area contributed by atoms with Gasteiger partial charge in [0.05, 0.1) is 12.7 Å². The summed E-state index contributed by atoms with van der Waals surface area (Å²) in [5.74, 6) is -0.628. The van der Waals surface area contributed by atoms with Crippen molar-refractivity contribution in [1.82, 2.24) is 0 Å². The normalized spacial score (nSPS) is 16.5. The Kier molecular flexibility index (Phi) is 7.57. The lowest BCUT2D eigenvalue weighted by Gasteiger charge is -2.31. The van der Waals surface area contributed by atoms with Crippen molar-refractivity contribution in [1.29, 1.82) is 0 Å². The van der Waals surface area contributed by atoms with Gasteiger partial charge < -0.3 is 25.5 Å². The number of benzene rings is 2. The monoisotopic (exact) mass is 474 g/mol. The van der Waals surface area contributed by atoms with Gasteiger partial charge in [-0.15, -0.1) is 0 Å². The summed E-state index contributed by atoms with van der Waals surface area (Å²) in [7, 11) is 0. The number of rotatable bonds is 7. The number of hydrogen-bond donors (Lipinski definition) is 5. The Bertz CT molecular complexity index is 617. The van der Waals surface area contributed by atoms with Gasteiger partial charge in [-0.25, -0.2) is 0 Å². The molecule has 0 spiro atoms. The lowest BCUT2D eigenvalue weighted by Crippen LogP contribution is -2.48. The summed E-state index contributed by atoms with van der Waals surface area (Å²) < 4.78 is 1.74. The zero-order valence-electron chi connectivity index (χ0n) is 13.2. The maximum absolute atomic E-state index is 10.7. The van der Waals surface area contributed by atoms with E-state index in [1.165, 1.54) is 0 Å². The third-order valence-corrected chi connectivity index (χ3v) is 5.14. The third-order valence-electron chi connectivity index (χ3n) is 4.08. The molecule has 2 aromatic rings. The van der Waals surface area contributed by atoms with Crippen LogP contribution in [-0.4, -0.2) is 56.6 Å². The van der Waals surface area contributed by atoms with Gasteiger partial charge >= 0.3 is 0 Å². The number of aliphatic hydroxyl groups excluding tert-OH is 5. The van der Waals surface area contributed by atoms with Crippen molar-refractivity contribution in [3.05, 3.63) is 68.6 Å². The number of aliphatic hydroxyl groups is 5. The molecule has 0 saturated carbocycles. The van der Waals surface area contributed by atoms with Gasteiger partial charge in [0.25, 0.3) is 0 Å². The number of hydrogen-bond acceptors (Lipinski definition) is 5. The molecule has 4 unspecified atom stereocenters. The molecular formula is C18H20Br2O5. The van der Waals surface area contributed by atoms with E-state index in [-0.39, 0.29) is 0 Å². The first-order valence-corrected chi connectivity index (χ1v) is 9.27. The van der Waals surface area contributed by atoms with Crippen molar-refractivity contribution < 1.29 is 25.5 Å². The smallest absolute Gasteiger partial charge is 0.111 e. The van der Waals surface area contributed by atoms with Gasteiger partial charge in [-0.05, 0) is 35.4 Å². The maximum Gasteiger partial charge on any atom is 0.111 e. The first-order valence-electron chi connectivity index (χ1n) is 7.69. The molecule has 7 heteroatoms. The molecule has 5 nitrogen and oxygen atoms in total. The Morgan fingerprint density at radius 1 is 0.640 bits per heavy atom. The summed E-state index contributed by atoms with van der Waals surface area (Å²) in [6.07, 6.45) is -6.24. The average molecular weight is 476 g/mol. The van der Waals surface area contributed by atoms with E-state index >= 15 is 0 Å². The average Bonchev–Trinajstić information content (AvgIpc) is 2.63. The molecule has 0 fully saturated rings. The first kappa shape index (κ1) is 20.5. The van der Waals surface area contributed by atoms with E-state index in [0.29, 0.717) is 0 Å². The third kappa shape index (κ3) is 5.10. The summed E-state index contributed by atoms with van der Waals surface area (Å²) in [6.45, 7) is -0.716. The highest BCUT2D eigenvalue weighted by atomic mass is 79.9. The topological polar surface area (TPSA) is 101 Å². The highest BCUT2D eigenvalue weighted by Gasteiger charge is 2.36. The second-order valence-corrected chi connectivity index (χ2v) is 7.63. The van der Waals surface area contributed by atoms with Crippen molar-refractivity contribution in [3.63, 3.8) is 0 Å². The van der Waals surface area contributed by atoms with E-state index in [0.717, 1.165) is 20.1 Å². The van der Waals surface area contributed by atoms with E-state index in [4.69, 9.17) is 5.11 Å². The van der Waals surface area contributed by atoms with Crippen LogP contribution < -0.4 is 0 Å². The minimum absolute atomic E-state index is 0.628. The minimum atomic E-state index is -1.67. The maximum atomic E-state index is 10.7.